The fourth-order valence-electron chi connectivity index (χ4n) is 1.26. The van der Waals surface area contributed by atoms with Crippen LogP contribution >= 0.6 is 11.6 Å². The van der Waals surface area contributed by atoms with Gasteiger partial charge in [-0.05, 0) is 26.0 Å². The third-order valence-electron chi connectivity index (χ3n) is 2.20. The van der Waals surface area contributed by atoms with Crippen molar-refractivity contribution in [2.24, 2.45) is 0 Å². The van der Waals surface area contributed by atoms with Crippen molar-refractivity contribution in [3.05, 3.63) is 41.1 Å². The Morgan fingerprint density at radius 2 is 2.07 bits per heavy atom. The molecule has 72 valence electrons. The lowest BCUT2D eigenvalue weighted by atomic mass is 10.3. The summed E-state index contributed by atoms with van der Waals surface area (Å²) in [6.07, 6.45) is 1.75. The summed E-state index contributed by atoms with van der Waals surface area (Å²) in [5.74, 6) is 0.801. The van der Waals surface area contributed by atoms with E-state index >= 15 is 0 Å². The fraction of sp³-hybridized carbons (Fsp3) is 0.200. The van der Waals surface area contributed by atoms with Gasteiger partial charge in [0, 0.05) is 5.69 Å². The number of aromatic nitrogens is 3. The van der Waals surface area contributed by atoms with Gasteiger partial charge < -0.3 is 0 Å². The first kappa shape index (κ1) is 9.21. The SMILES string of the molecule is Cc1ncn(-c2cccc(Cl)n2)c1C. The fourth-order valence-corrected chi connectivity index (χ4v) is 1.42. The number of imidazole rings is 1. The molecule has 0 unspecified atom stereocenters. The normalized spacial score (nSPS) is 10.5. The molecule has 2 heterocycles. The highest BCUT2D eigenvalue weighted by Gasteiger charge is 2.04. The van der Waals surface area contributed by atoms with E-state index in [1.54, 1.807) is 12.4 Å². The Labute approximate surface area is 87.4 Å². The van der Waals surface area contributed by atoms with E-state index in [1.165, 1.54) is 0 Å². The second kappa shape index (κ2) is 3.42. The van der Waals surface area contributed by atoms with Gasteiger partial charge in [0.15, 0.2) is 0 Å². The molecular weight excluding hydrogens is 198 g/mol. The topological polar surface area (TPSA) is 30.7 Å². The van der Waals surface area contributed by atoms with E-state index in [-0.39, 0.29) is 0 Å². The average Bonchev–Trinajstić information content (AvgIpc) is 2.48. The average molecular weight is 208 g/mol. The number of pyridine rings is 1. The van der Waals surface area contributed by atoms with Gasteiger partial charge in [-0.15, -0.1) is 0 Å². The van der Waals surface area contributed by atoms with Crippen molar-refractivity contribution < 1.29 is 0 Å². The zero-order chi connectivity index (χ0) is 10.1. The first-order valence-corrected chi connectivity index (χ1v) is 4.70. The first-order valence-electron chi connectivity index (χ1n) is 4.32. The second-order valence-electron chi connectivity index (χ2n) is 3.10. The van der Waals surface area contributed by atoms with E-state index in [2.05, 4.69) is 9.97 Å². The highest BCUT2D eigenvalue weighted by molar-refractivity contribution is 6.29. The van der Waals surface area contributed by atoms with E-state index in [9.17, 15) is 0 Å². The van der Waals surface area contributed by atoms with Gasteiger partial charge in [0.2, 0.25) is 0 Å². The maximum Gasteiger partial charge on any atom is 0.139 e. The first-order chi connectivity index (χ1) is 6.68. The van der Waals surface area contributed by atoms with Crippen LogP contribution in [0.1, 0.15) is 11.4 Å². The molecule has 2 rings (SSSR count). The summed E-state index contributed by atoms with van der Waals surface area (Å²) in [5.41, 5.74) is 2.09. The van der Waals surface area contributed by atoms with Gasteiger partial charge in [-0.25, -0.2) is 9.97 Å². The smallest absolute Gasteiger partial charge is 0.139 e. The van der Waals surface area contributed by atoms with Crippen molar-refractivity contribution in [1.82, 2.24) is 14.5 Å². The van der Waals surface area contributed by atoms with Crippen LogP contribution in [0.3, 0.4) is 0 Å². The summed E-state index contributed by atoms with van der Waals surface area (Å²) in [7, 11) is 0. The molecule has 0 N–H and O–H groups in total. The number of rotatable bonds is 1. The minimum Gasteiger partial charge on any atom is -0.287 e. The van der Waals surface area contributed by atoms with Crippen LogP contribution in [0.2, 0.25) is 5.15 Å². The molecule has 0 radical (unpaired) electrons. The number of hydrogen-bond donors (Lipinski definition) is 0. The van der Waals surface area contributed by atoms with Crippen LogP contribution in [0.25, 0.3) is 5.82 Å². The van der Waals surface area contributed by atoms with Gasteiger partial charge in [-0.1, -0.05) is 17.7 Å². The second-order valence-corrected chi connectivity index (χ2v) is 3.49. The molecule has 0 aliphatic rings. The molecule has 4 heteroatoms. The van der Waals surface area contributed by atoms with Gasteiger partial charge in [-0.2, -0.15) is 0 Å². The third kappa shape index (κ3) is 1.51. The maximum atomic E-state index is 5.81. The van der Waals surface area contributed by atoms with Crippen LogP contribution in [0.5, 0.6) is 0 Å². The number of nitrogens with zero attached hydrogens (tertiary/aromatic N) is 3. The highest BCUT2D eigenvalue weighted by atomic mass is 35.5. The van der Waals surface area contributed by atoms with Crippen molar-refractivity contribution in [1.29, 1.82) is 0 Å². The van der Waals surface area contributed by atoms with E-state index in [0.29, 0.717) is 5.15 Å². The Morgan fingerprint density at radius 1 is 1.29 bits per heavy atom. The van der Waals surface area contributed by atoms with Crippen LogP contribution in [0.4, 0.5) is 0 Å². The minimum absolute atomic E-state index is 0.494. The van der Waals surface area contributed by atoms with E-state index in [0.717, 1.165) is 17.2 Å². The molecule has 2 aromatic heterocycles. The van der Waals surface area contributed by atoms with Crippen molar-refractivity contribution in [2.45, 2.75) is 13.8 Å². The predicted molar refractivity (Wildman–Crippen MR) is 55.8 cm³/mol. The molecular formula is C10H10ClN3. The number of aryl methyl sites for hydroxylation is 1. The molecule has 2 aromatic rings. The molecule has 0 saturated carbocycles. The van der Waals surface area contributed by atoms with E-state index < -0.39 is 0 Å². The van der Waals surface area contributed by atoms with Crippen LogP contribution in [-0.4, -0.2) is 14.5 Å². The van der Waals surface area contributed by atoms with E-state index in [4.69, 9.17) is 11.6 Å². The number of hydrogen-bond acceptors (Lipinski definition) is 2. The predicted octanol–water partition coefficient (Wildman–Crippen LogP) is 2.54. The molecule has 0 aromatic carbocycles. The minimum atomic E-state index is 0.494. The molecule has 3 nitrogen and oxygen atoms in total. The lowest BCUT2D eigenvalue weighted by Gasteiger charge is -2.03. The van der Waals surface area contributed by atoms with Crippen LogP contribution < -0.4 is 0 Å². The summed E-state index contributed by atoms with van der Waals surface area (Å²) < 4.78 is 1.92. The molecule has 0 fully saturated rings. The summed E-state index contributed by atoms with van der Waals surface area (Å²) in [6.45, 7) is 3.97. The summed E-state index contributed by atoms with van der Waals surface area (Å²) in [4.78, 5) is 8.41. The summed E-state index contributed by atoms with van der Waals surface area (Å²) in [5, 5.41) is 0.494. The van der Waals surface area contributed by atoms with Crippen molar-refractivity contribution >= 4 is 11.6 Å². The molecule has 0 aliphatic carbocycles. The molecule has 0 spiro atoms. The molecule has 0 atom stereocenters. The quantitative estimate of drug-likeness (QED) is 0.673. The van der Waals surface area contributed by atoms with Crippen LogP contribution in [0, 0.1) is 13.8 Å². The van der Waals surface area contributed by atoms with Crippen molar-refractivity contribution in [2.75, 3.05) is 0 Å². The monoisotopic (exact) mass is 207 g/mol. The lowest BCUT2D eigenvalue weighted by molar-refractivity contribution is 0.951. The van der Waals surface area contributed by atoms with Gasteiger partial charge >= 0.3 is 0 Å². The van der Waals surface area contributed by atoms with Gasteiger partial charge in [0.05, 0.1) is 5.69 Å². The zero-order valence-electron chi connectivity index (χ0n) is 8.03. The Hall–Kier alpha value is -1.35. The molecule has 14 heavy (non-hydrogen) atoms. The van der Waals surface area contributed by atoms with Crippen LogP contribution in [0.15, 0.2) is 24.5 Å². The largest absolute Gasteiger partial charge is 0.287 e. The summed E-state index contributed by atoms with van der Waals surface area (Å²) >= 11 is 5.81. The van der Waals surface area contributed by atoms with Gasteiger partial charge in [-0.3, -0.25) is 4.57 Å². The van der Waals surface area contributed by atoms with Gasteiger partial charge in [0.1, 0.15) is 17.3 Å². The standard InChI is InChI=1S/C10H10ClN3/c1-7-8(2)14(6-12-7)10-5-3-4-9(11)13-10/h3-6H,1-2H3. The highest BCUT2D eigenvalue weighted by Crippen LogP contribution is 2.13. The Morgan fingerprint density at radius 3 is 2.64 bits per heavy atom. The molecule has 0 saturated heterocycles. The summed E-state index contributed by atoms with van der Waals surface area (Å²) in [6, 6.07) is 5.53. The van der Waals surface area contributed by atoms with Crippen molar-refractivity contribution in [3.63, 3.8) is 0 Å². The van der Waals surface area contributed by atoms with Crippen LogP contribution in [-0.2, 0) is 0 Å². The Bertz CT molecular complexity index is 462. The van der Waals surface area contributed by atoms with E-state index in [1.807, 2.05) is 30.5 Å². The maximum absolute atomic E-state index is 5.81. The Kier molecular flexibility index (Phi) is 2.25. The third-order valence-corrected chi connectivity index (χ3v) is 2.41. The van der Waals surface area contributed by atoms with Gasteiger partial charge in [0.25, 0.3) is 0 Å². The zero-order valence-corrected chi connectivity index (χ0v) is 8.78. The Balaban J connectivity index is 2.55. The van der Waals surface area contributed by atoms with Crippen molar-refractivity contribution in [3.8, 4) is 5.82 Å². The lowest BCUT2D eigenvalue weighted by Crippen LogP contribution is -1.98. The molecule has 0 bridgehead atoms. The molecule has 0 aliphatic heterocycles. The number of halogens is 1. The molecule has 0 amide bonds.